The molecule has 1 fully saturated rings. The zero-order valence-electron chi connectivity index (χ0n) is 27.4. The summed E-state index contributed by atoms with van der Waals surface area (Å²) in [5.74, 6) is 0.383. The van der Waals surface area contributed by atoms with Crippen LogP contribution < -0.4 is 16.0 Å². The van der Waals surface area contributed by atoms with Crippen molar-refractivity contribution in [2.45, 2.75) is 23.7 Å². The van der Waals surface area contributed by atoms with Gasteiger partial charge in [0.2, 0.25) is 0 Å². The second-order valence-corrected chi connectivity index (χ2v) is 16.8. The fourth-order valence-electron chi connectivity index (χ4n) is 8.18. The van der Waals surface area contributed by atoms with Crippen LogP contribution in [-0.4, -0.2) is 11.4 Å². The fraction of sp³-hybridized carbons (Fsp3) is 0.111. The topological polar surface area (TPSA) is 36.1 Å². The zero-order chi connectivity index (χ0) is 33.5. The van der Waals surface area contributed by atoms with Crippen molar-refractivity contribution in [3.63, 3.8) is 0 Å². The predicted molar refractivity (Wildman–Crippen MR) is 218 cm³/mol. The molecule has 5 unspecified atom stereocenters. The lowest BCUT2D eigenvalue weighted by molar-refractivity contribution is 0.224. The van der Waals surface area contributed by atoms with Crippen molar-refractivity contribution >= 4 is 74.8 Å². The number of hydrogen-bond acceptors (Lipinski definition) is 6. The molecule has 0 bridgehead atoms. The fourth-order valence-corrected chi connectivity index (χ4v) is 12.1. The Hall–Kier alpha value is -4.71. The molecule has 0 spiro atoms. The van der Waals surface area contributed by atoms with Gasteiger partial charge in [0.25, 0.3) is 0 Å². The molecule has 3 N–H and O–H groups in total. The smallest absolute Gasteiger partial charge is 0.0956 e. The van der Waals surface area contributed by atoms with Crippen LogP contribution >= 0.6 is 34.4 Å². The summed E-state index contributed by atoms with van der Waals surface area (Å²) in [5.41, 5.74) is 14.5. The molecule has 4 aliphatic rings. The van der Waals surface area contributed by atoms with E-state index < -0.39 is 0 Å². The zero-order valence-corrected chi connectivity index (χ0v) is 29.8. The Morgan fingerprint density at radius 3 is 2.04 bits per heavy atom. The summed E-state index contributed by atoms with van der Waals surface area (Å²) in [6.45, 7) is 0. The van der Waals surface area contributed by atoms with Gasteiger partial charge in [0.1, 0.15) is 0 Å². The largest absolute Gasteiger partial charge is 0.279 e. The second-order valence-electron chi connectivity index (χ2n) is 13.5. The van der Waals surface area contributed by atoms with Gasteiger partial charge in [0.15, 0.2) is 0 Å². The van der Waals surface area contributed by atoms with E-state index in [1.807, 2.05) is 34.4 Å². The SMILES string of the molecule is C1=C=C(C2NC(c3ccccc3)NC(c3ccc4c(c3)sc3c(-c5cccc6c5sc5ccccc56)cccc34)N2)C2=C(C=1)C1C=CC=CC1S2. The Balaban J connectivity index is 0.997. The molecule has 0 amide bonds. The first-order valence-electron chi connectivity index (χ1n) is 17.4. The van der Waals surface area contributed by atoms with Gasteiger partial charge in [-0.1, -0.05) is 133 Å². The van der Waals surface area contributed by atoms with E-state index in [-0.39, 0.29) is 18.5 Å². The van der Waals surface area contributed by atoms with Crippen LogP contribution in [0.5, 0.6) is 0 Å². The van der Waals surface area contributed by atoms with E-state index >= 15 is 0 Å². The lowest BCUT2D eigenvalue weighted by Crippen LogP contribution is -2.59. The third-order valence-corrected chi connectivity index (χ3v) is 14.4. The summed E-state index contributed by atoms with van der Waals surface area (Å²) >= 11 is 5.76. The van der Waals surface area contributed by atoms with Crippen LogP contribution in [0.3, 0.4) is 0 Å². The summed E-state index contributed by atoms with van der Waals surface area (Å²) < 4.78 is 5.33. The number of nitrogens with one attached hydrogen (secondary N) is 3. The Bertz CT molecular complexity index is 2770. The maximum atomic E-state index is 3.95. The Morgan fingerprint density at radius 2 is 1.22 bits per heavy atom. The molecule has 5 aromatic carbocycles. The monoisotopic (exact) mass is 709 g/mol. The molecule has 7 aromatic rings. The minimum atomic E-state index is -0.111. The summed E-state index contributed by atoms with van der Waals surface area (Å²) in [6.07, 6.45) is 10.9. The van der Waals surface area contributed by atoms with Gasteiger partial charge in [-0.05, 0) is 34.9 Å². The molecule has 2 aromatic heterocycles. The summed E-state index contributed by atoms with van der Waals surface area (Å²) in [6, 6.07) is 40.1. The lowest BCUT2D eigenvalue weighted by atomic mass is 9.89. The molecule has 2 aliphatic carbocycles. The molecule has 11 rings (SSSR count). The third kappa shape index (κ3) is 4.85. The Morgan fingerprint density at radius 1 is 0.549 bits per heavy atom. The first-order valence-corrected chi connectivity index (χ1v) is 19.9. The molecule has 0 saturated carbocycles. The molecule has 3 nitrogen and oxygen atoms in total. The van der Waals surface area contributed by atoms with Gasteiger partial charge in [-0.25, -0.2) is 0 Å². The van der Waals surface area contributed by atoms with E-state index in [0.29, 0.717) is 11.2 Å². The molecule has 51 heavy (non-hydrogen) atoms. The van der Waals surface area contributed by atoms with E-state index in [4.69, 9.17) is 0 Å². The lowest BCUT2D eigenvalue weighted by Gasteiger charge is -2.40. The molecule has 1 saturated heterocycles. The van der Waals surface area contributed by atoms with Crippen LogP contribution in [-0.2, 0) is 0 Å². The number of hydrogen-bond donors (Lipinski definition) is 3. The van der Waals surface area contributed by atoms with Gasteiger partial charge in [-0.3, -0.25) is 16.0 Å². The van der Waals surface area contributed by atoms with E-state index in [0.717, 1.165) is 5.57 Å². The number of fused-ring (bicyclic) bond motifs is 8. The van der Waals surface area contributed by atoms with Crippen molar-refractivity contribution in [2.24, 2.45) is 5.92 Å². The predicted octanol–water partition coefficient (Wildman–Crippen LogP) is 11.3. The summed E-state index contributed by atoms with van der Waals surface area (Å²) in [4.78, 5) is 1.32. The number of thiophene rings is 2. The van der Waals surface area contributed by atoms with Crippen molar-refractivity contribution in [1.82, 2.24) is 16.0 Å². The summed E-state index contributed by atoms with van der Waals surface area (Å²) in [5, 5.41) is 17.4. The minimum absolute atomic E-state index is 0.0494. The van der Waals surface area contributed by atoms with E-state index in [2.05, 4.69) is 167 Å². The molecular formula is C45H31N3S3. The highest BCUT2D eigenvalue weighted by atomic mass is 32.2. The maximum absolute atomic E-state index is 3.95. The van der Waals surface area contributed by atoms with E-state index in [1.165, 1.54) is 73.1 Å². The van der Waals surface area contributed by atoms with Crippen molar-refractivity contribution in [3.05, 3.63) is 178 Å². The normalized spacial score (nSPS) is 23.8. The van der Waals surface area contributed by atoms with Crippen molar-refractivity contribution in [2.75, 3.05) is 0 Å². The number of benzene rings is 5. The number of thioether (sulfide) groups is 1. The average molecular weight is 710 g/mol. The van der Waals surface area contributed by atoms with Crippen LogP contribution in [0, 0.1) is 5.92 Å². The van der Waals surface area contributed by atoms with Gasteiger partial charge in [0.05, 0.1) is 18.5 Å². The quantitative estimate of drug-likeness (QED) is 0.159. The van der Waals surface area contributed by atoms with Crippen molar-refractivity contribution < 1.29 is 0 Å². The maximum Gasteiger partial charge on any atom is 0.0956 e. The highest BCUT2D eigenvalue weighted by Gasteiger charge is 2.39. The molecule has 2 aliphatic heterocycles. The molecule has 0 radical (unpaired) electrons. The van der Waals surface area contributed by atoms with E-state index in [1.54, 1.807) is 0 Å². The number of allylic oxidation sites excluding steroid dienone is 5. The van der Waals surface area contributed by atoms with Crippen LogP contribution in [0.25, 0.3) is 51.5 Å². The van der Waals surface area contributed by atoms with Gasteiger partial charge in [-0.2, -0.15) is 0 Å². The molecular weight excluding hydrogens is 679 g/mol. The second kappa shape index (κ2) is 11.9. The Kier molecular flexibility index (Phi) is 7.01. The number of rotatable bonds is 4. The Labute approximate surface area is 308 Å². The standard InChI is InChI=1S/C45H31N3S3/c1-2-11-26(12-3-1)43-46-44(48-45(47-43)36-20-10-17-32-29-14-5-7-22-38(29)50-42(32)36)27-23-24-30-33-16-9-19-35(41(33)51-39(30)25-27)34-18-8-15-31-28-13-4-6-21-37(28)49-40(31)34/h1-9,11-19,21-25,29,38,43-48H. The van der Waals surface area contributed by atoms with Crippen molar-refractivity contribution in [3.8, 4) is 11.1 Å². The van der Waals surface area contributed by atoms with Crippen LogP contribution in [0.4, 0.5) is 0 Å². The first-order chi connectivity index (χ1) is 25.3. The van der Waals surface area contributed by atoms with Gasteiger partial charge >= 0.3 is 0 Å². The minimum Gasteiger partial charge on any atom is -0.279 e. The van der Waals surface area contributed by atoms with Gasteiger partial charge < -0.3 is 0 Å². The molecule has 4 heterocycles. The highest BCUT2D eigenvalue weighted by Crippen LogP contribution is 2.50. The molecule has 5 atom stereocenters. The molecule has 6 heteroatoms. The van der Waals surface area contributed by atoms with Crippen LogP contribution in [0.15, 0.2) is 167 Å². The first kappa shape index (κ1) is 30.0. The highest BCUT2D eigenvalue weighted by molar-refractivity contribution is 8.04. The molecule has 244 valence electrons. The summed E-state index contributed by atoms with van der Waals surface area (Å²) in [7, 11) is 0. The third-order valence-electron chi connectivity index (χ3n) is 10.6. The van der Waals surface area contributed by atoms with Crippen molar-refractivity contribution in [1.29, 1.82) is 0 Å². The van der Waals surface area contributed by atoms with Crippen LogP contribution in [0.1, 0.15) is 23.5 Å². The van der Waals surface area contributed by atoms with Crippen LogP contribution in [0.2, 0.25) is 0 Å². The van der Waals surface area contributed by atoms with Gasteiger partial charge in [-0.15, -0.1) is 34.4 Å². The van der Waals surface area contributed by atoms with E-state index in [9.17, 15) is 0 Å². The average Bonchev–Trinajstić information content (AvgIpc) is 3.89. The van der Waals surface area contributed by atoms with Gasteiger partial charge in [0, 0.05) is 73.1 Å².